The fourth-order valence-electron chi connectivity index (χ4n) is 2.41. The molecule has 6 heteroatoms. The van der Waals surface area contributed by atoms with Crippen molar-refractivity contribution in [1.29, 1.82) is 0 Å². The summed E-state index contributed by atoms with van der Waals surface area (Å²) >= 11 is 3.45. The molecule has 0 radical (unpaired) electrons. The molecule has 108 valence electrons. The lowest BCUT2D eigenvalue weighted by Crippen LogP contribution is -2.23. The largest absolute Gasteiger partial charge is 0.387 e. The Morgan fingerprint density at radius 1 is 1.63 bits per heavy atom. The van der Waals surface area contributed by atoms with Crippen LogP contribution in [0.4, 0.5) is 0 Å². The third kappa shape index (κ3) is 4.02. The molecule has 1 aliphatic rings. The molecule has 2 unspecified atom stereocenters. The predicted molar refractivity (Wildman–Crippen MR) is 75.0 cm³/mol. The van der Waals surface area contributed by atoms with Crippen LogP contribution in [0.2, 0.25) is 0 Å². The van der Waals surface area contributed by atoms with Gasteiger partial charge in [-0.15, -0.1) is 0 Å². The first kappa shape index (κ1) is 15.0. The Hall–Kier alpha value is -0.430. The third-order valence-electron chi connectivity index (χ3n) is 3.42. The van der Waals surface area contributed by atoms with Crippen molar-refractivity contribution in [3.8, 4) is 0 Å². The topological polar surface area (TPSA) is 56.5 Å². The zero-order chi connectivity index (χ0) is 13.7. The fraction of sp³-hybridized carbons (Fsp3) is 0.769. The number of aliphatic hydroxyl groups is 1. The first-order valence-electron chi connectivity index (χ1n) is 6.72. The lowest BCUT2D eigenvalue weighted by molar-refractivity contribution is -0.0173. The van der Waals surface area contributed by atoms with Crippen LogP contribution in [0.25, 0.3) is 0 Å². The maximum Gasteiger partial charge on any atom is 0.0992 e. The molecule has 2 atom stereocenters. The average Bonchev–Trinajstić information content (AvgIpc) is 2.78. The van der Waals surface area contributed by atoms with E-state index in [-0.39, 0.29) is 6.10 Å². The number of rotatable bonds is 6. The summed E-state index contributed by atoms with van der Waals surface area (Å²) in [5.74, 6) is 0. The van der Waals surface area contributed by atoms with Crippen molar-refractivity contribution in [2.45, 2.75) is 44.4 Å². The molecule has 19 heavy (non-hydrogen) atoms. The summed E-state index contributed by atoms with van der Waals surface area (Å²) in [6, 6.07) is 0. The van der Waals surface area contributed by atoms with Crippen LogP contribution in [0.15, 0.2) is 10.7 Å². The van der Waals surface area contributed by atoms with Crippen molar-refractivity contribution in [2.75, 3.05) is 20.3 Å². The summed E-state index contributed by atoms with van der Waals surface area (Å²) < 4.78 is 13.4. The number of hydrogen-bond acceptors (Lipinski definition) is 4. The molecule has 1 N–H and O–H groups in total. The highest BCUT2D eigenvalue weighted by molar-refractivity contribution is 9.10. The van der Waals surface area contributed by atoms with Crippen molar-refractivity contribution in [3.05, 3.63) is 16.4 Å². The van der Waals surface area contributed by atoms with Gasteiger partial charge in [-0.25, -0.2) is 0 Å². The molecular formula is C13H21BrN2O3. The van der Waals surface area contributed by atoms with E-state index < -0.39 is 6.10 Å². The number of nitrogens with zero attached hydrogens (tertiary/aromatic N) is 2. The second-order valence-corrected chi connectivity index (χ2v) is 5.69. The van der Waals surface area contributed by atoms with Gasteiger partial charge in [-0.1, -0.05) is 0 Å². The van der Waals surface area contributed by atoms with Gasteiger partial charge in [-0.05, 0) is 35.2 Å². The number of aromatic nitrogens is 2. The predicted octanol–water partition coefficient (Wildman–Crippen LogP) is 2.28. The number of hydrogen-bond donors (Lipinski definition) is 1. The van der Waals surface area contributed by atoms with Gasteiger partial charge in [0.25, 0.3) is 0 Å². The third-order valence-corrected chi connectivity index (χ3v) is 4.03. The summed E-state index contributed by atoms with van der Waals surface area (Å²) in [4.78, 5) is 0. The summed E-state index contributed by atoms with van der Waals surface area (Å²) in [5.41, 5.74) is 0.811. The molecule has 1 aliphatic heterocycles. The van der Waals surface area contributed by atoms with Crippen molar-refractivity contribution < 1.29 is 14.6 Å². The quantitative estimate of drug-likeness (QED) is 0.868. The Morgan fingerprint density at radius 3 is 3.16 bits per heavy atom. The molecule has 1 fully saturated rings. The van der Waals surface area contributed by atoms with Gasteiger partial charge in [-0.2, -0.15) is 5.10 Å². The van der Waals surface area contributed by atoms with Crippen LogP contribution in [0, 0.1) is 0 Å². The molecule has 1 aromatic heterocycles. The molecule has 0 aliphatic carbocycles. The second kappa shape index (κ2) is 7.38. The van der Waals surface area contributed by atoms with Crippen LogP contribution < -0.4 is 0 Å². The van der Waals surface area contributed by atoms with Gasteiger partial charge in [-0.3, -0.25) is 4.68 Å². The van der Waals surface area contributed by atoms with E-state index in [9.17, 15) is 5.11 Å². The van der Waals surface area contributed by atoms with Gasteiger partial charge in [0, 0.05) is 20.1 Å². The molecule has 2 rings (SSSR count). The van der Waals surface area contributed by atoms with E-state index >= 15 is 0 Å². The summed E-state index contributed by atoms with van der Waals surface area (Å²) in [6.07, 6.45) is 5.27. The Bertz CT molecular complexity index is 391. The Morgan fingerprint density at radius 2 is 2.47 bits per heavy atom. The van der Waals surface area contributed by atoms with Gasteiger partial charge in [0.05, 0.1) is 41.7 Å². The highest BCUT2D eigenvalue weighted by atomic mass is 79.9. The maximum absolute atomic E-state index is 10.4. The number of ether oxygens (including phenoxy) is 2. The van der Waals surface area contributed by atoms with Gasteiger partial charge >= 0.3 is 0 Å². The molecule has 1 aromatic rings. The van der Waals surface area contributed by atoms with Crippen molar-refractivity contribution in [1.82, 2.24) is 9.78 Å². The lowest BCUT2D eigenvalue weighted by Gasteiger charge is -2.25. The Labute approximate surface area is 122 Å². The normalized spacial score (nSPS) is 21.5. The second-order valence-electron chi connectivity index (χ2n) is 4.83. The van der Waals surface area contributed by atoms with E-state index in [1.54, 1.807) is 18.0 Å². The highest BCUT2D eigenvalue weighted by Gasteiger charge is 2.23. The van der Waals surface area contributed by atoms with Crippen LogP contribution in [-0.4, -0.2) is 41.3 Å². The monoisotopic (exact) mass is 332 g/mol. The molecule has 0 saturated carbocycles. The molecule has 5 nitrogen and oxygen atoms in total. The van der Waals surface area contributed by atoms with Crippen LogP contribution in [0.1, 0.15) is 37.5 Å². The minimum atomic E-state index is -0.558. The van der Waals surface area contributed by atoms with E-state index in [0.717, 1.165) is 29.6 Å². The van der Waals surface area contributed by atoms with Gasteiger partial charge in [0.2, 0.25) is 0 Å². The summed E-state index contributed by atoms with van der Waals surface area (Å²) in [5, 5.41) is 14.7. The minimum absolute atomic E-state index is 0.154. The molecular weight excluding hydrogens is 312 g/mol. The van der Waals surface area contributed by atoms with E-state index in [1.807, 2.05) is 0 Å². The molecule has 1 saturated heterocycles. The number of aliphatic hydroxyl groups excluding tert-OH is 1. The first-order valence-corrected chi connectivity index (χ1v) is 7.51. The van der Waals surface area contributed by atoms with E-state index in [4.69, 9.17) is 9.47 Å². The molecule has 0 aromatic carbocycles. The van der Waals surface area contributed by atoms with Crippen molar-refractivity contribution in [3.63, 3.8) is 0 Å². The molecule has 2 heterocycles. The van der Waals surface area contributed by atoms with E-state index in [0.29, 0.717) is 19.6 Å². The highest BCUT2D eigenvalue weighted by Crippen LogP contribution is 2.29. The van der Waals surface area contributed by atoms with Gasteiger partial charge < -0.3 is 14.6 Å². The smallest absolute Gasteiger partial charge is 0.0992 e. The minimum Gasteiger partial charge on any atom is -0.387 e. The van der Waals surface area contributed by atoms with Gasteiger partial charge in [0.1, 0.15) is 0 Å². The Balaban J connectivity index is 2.00. The van der Waals surface area contributed by atoms with Crippen LogP contribution in [-0.2, 0) is 16.0 Å². The number of halogens is 1. The zero-order valence-electron chi connectivity index (χ0n) is 11.2. The Kier molecular flexibility index (Phi) is 5.81. The maximum atomic E-state index is 10.4. The van der Waals surface area contributed by atoms with Crippen molar-refractivity contribution in [2.24, 2.45) is 0 Å². The molecule has 0 spiro atoms. The number of methoxy groups -OCH3 is 1. The summed E-state index contributed by atoms with van der Waals surface area (Å²) in [6.45, 7) is 2.02. The van der Waals surface area contributed by atoms with E-state index in [1.165, 1.54) is 6.42 Å². The average molecular weight is 333 g/mol. The SMILES string of the molecule is COCCn1ncc(Br)c1C(O)CC1CCCCO1. The van der Waals surface area contributed by atoms with Gasteiger partial charge in [0.15, 0.2) is 0 Å². The first-order chi connectivity index (χ1) is 9.22. The fourth-order valence-corrected chi connectivity index (χ4v) is 2.97. The van der Waals surface area contributed by atoms with E-state index in [2.05, 4.69) is 21.0 Å². The van der Waals surface area contributed by atoms with Crippen LogP contribution in [0.3, 0.4) is 0 Å². The van der Waals surface area contributed by atoms with Crippen LogP contribution >= 0.6 is 15.9 Å². The van der Waals surface area contributed by atoms with Crippen LogP contribution in [0.5, 0.6) is 0 Å². The lowest BCUT2D eigenvalue weighted by atomic mass is 10.0. The van der Waals surface area contributed by atoms with Crippen molar-refractivity contribution >= 4 is 15.9 Å². The molecule has 0 bridgehead atoms. The summed E-state index contributed by atoms with van der Waals surface area (Å²) in [7, 11) is 1.66. The molecule has 0 amide bonds. The zero-order valence-corrected chi connectivity index (χ0v) is 12.8. The standard InChI is InChI=1S/C13H21BrN2O3/c1-18-7-5-16-13(11(14)9-15-16)12(17)8-10-4-2-3-6-19-10/h9-10,12,17H,2-8H2,1H3.